The zero-order chi connectivity index (χ0) is 12.8. The number of aryl methyl sites for hydroxylation is 2. The molecule has 4 heteroatoms. The predicted octanol–water partition coefficient (Wildman–Crippen LogP) is 2.25. The molecule has 0 spiro atoms. The highest BCUT2D eigenvalue weighted by molar-refractivity contribution is 5.92. The van der Waals surface area contributed by atoms with E-state index in [1.54, 1.807) is 0 Å². The quantitative estimate of drug-likeness (QED) is 0.608. The average Bonchev–Trinajstić information content (AvgIpc) is 2.26. The maximum absolute atomic E-state index is 11.6. The second kappa shape index (κ2) is 6.25. The Bertz CT molecular complexity index is 403. The number of anilines is 2. The molecular formula is C13H20N2O2. The van der Waals surface area contributed by atoms with Crippen molar-refractivity contribution in [2.75, 3.05) is 24.3 Å². The highest BCUT2D eigenvalue weighted by Crippen LogP contribution is 2.22. The maximum atomic E-state index is 11.6. The maximum Gasteiger partial charge on any atom is 0.226 e. The smallest absolute Gasteiger partial charge is 0.226 e. The lowest BCUT2D eigenvalue weighted by molar-refractivity contribution is -0.117. The fraction of sp³-hybridized carbons (Fsp3) is 0.462. The third kappa shape index (κ3) is 4.07. The molecule has 0 aromatic heterocycles. The van der Waals surface area contributed by atoms with E-state index < -0.39 is 0 Å². The molecular weight excluding hydrogens is 216 g/mol. The van der Waals surface area contributed by atoms with Crippen molar-refractivity contribution in [3.8, 4) is 0 Å². The summed E-state index contributed by atoms with van der Waals surface area (Å²) in [5.41, 5.74) is 9.29. The first-order valence-corrected chi connectivity index (χ1v) is 5.79. The van der Waals surface area contributed by atoms with Gasteiger partial charge in [0.1, 0.15) is 0 Å². The van der Waals surface area contributed by atoms with Crippen molar-refractivity contribution in [1.29, 1.82) is 0 Å². The molecule has 0 atom stereocenters. The van der Waals surface area contributed by atoms with Crippen LogP contribution in [0.5, 0.6) is 0 Å². The van der Waals surface area contributed by atoms with Gasteiger partial charge in [-0.3, -0.25) is 4.79 Å². The number of rotatable bonds is 5. The van der Waals surface area contributed by atoms with E-state index in [1.807, 2.05) is 32.9 Å². The molecule has 0 bridgehead atoms. The summed E-state index contributed by atoms with van der Waals surface area (Å²) in [6.45, 7) is 6.84. The molecule has 0 saturated carbocycles. The second-order valence-electron chi connectivity index (χ2n) is 4.02. The van der Waals surface area contributed by atoms with E-state index >= 15 is 0 Å². The minimum atomic E-state index is -0.0364. The van der Waals surface area contributed by atoms with Gasteiger partial charge in [0.15, 0.2) is 0 Å². The summed E-state index contributed by atoms with van der Waals surface area (Å²) in [7, 11) is 0. The van der Waals surface area contributed by atoms with Crippen LogP contribution in [-0.4, -0.2) is 19.1 Å². The molecule has 17 heavy (non-hydrogen) atoms. The van der Waals surface area contributed by atoms with Gasteiger partial charge in [0, 0.05) is 18.0 Å². The number of hydrogen-bond donors (Lipinski definition) is 2. The number of carbonyl (C=O) groups excluding carboxylic acids is 1. The molecule has 0 aliphatic carbocycles. The van der Waals surface area contributed by atoms with Gasteiger partial charge in [-0.15, -0.1) is 0 Å². The topological polar surface area (TPSA) is 64.3 Å². The van der Waals surface area contributed by atoms with Crippen LogP contribution < -0.4 is 11.1 Å². The van der Waals surface area contributed by atoms with Crippen molar-refractivity contribution in [3.05, 3.63) is 23.3 Å². The lowest BCUT2D eigenvalue weighted by Crippen LogP contribution is -2.15. The van der Waals surface area contributed by atoms with Gasteiger partial charge < -0.3 is 15.8 Å². The Morgan fingerprint density at radius 2 is 2.06 bits per heavy atom. The summed E-state index contributed by atoms with van der Waals surface area (Å²) in [6, 6.07) is 3.76. The van der Waals surface area contributed by atoms with Crippen molar-refractivity contribution in [2.45, 2.75) is 27.2 Å². The van der Waals surface area contributed by atoms with Crippen molar-refractivity contribution in [1.82, 2.24) is 0 Å². The molecule has 1 rings (SSSR count). The van der Waals surface area contributed by atoms with E-state index in [9.17, 15) is 4.79 Å². The molecule has 1 amide bonds. The SMILES string of the molecule is CCOCCC(=O)Nc1cc(C)c(N)cc1C. The van der Waals surface area contributed by atoms with Crippen LogP contribution in [0.1, 0.15) is 24.5 Å². The standard InChI is InChI=1S/C13H20N2O2/c1-4-17-6-5-13(16)15-12-8-9(2)11(14)7-10(12)3/h7-8H,4-6,14H2,1-3H3,(H,15,16). The van der Waals surface area contributed by atoms with Crippen molar-refractivity contribution in [3.63, 3.8) is 0 Å². The van der Waals surface area contributed by atoms with Gasteiger partial charge in [0.05, 0.1) is 13.0 Å². The second-order valence-corrected chi connectivity index (χ2v) is 4.02. The molecule has 1 aromatic carbocycles. The Morgan fingerprint density at radius 3 is 2.71 bits per heavy atom. The zero-order valence-electron chi connectivity index (χ0n) is 10.7. The van der Waals surface area contributed by atoms with Gasteiger partial charge in [0.2, 0.25) is 5.91 Å². The number of nitrogen functional groups attached to an aromatic ring is 1. The molecule has 0 fully saturated rings. The minimum absolute atomic E-state index is 0.0364. The van der Waals surface area contributed by atoms with Gasteiger partial charge in [-0.2, -0.15) is 0 Å². The molecule has 0 aliphatic heterocycles. The number of nitrogens with two attached hydrogens (primary N) is 1. The van der Waals surface area contributed by atoms with Gasteiger partial charge in [-0.1, -0.05) is 0 Å². The van der Waals surface area contributed by atoms with Crippen molar-refractivity contribution >= 4 is 17.3 Å². The van der Waals surface area contributed by atoms with Gasteiger partial charge in [-0.05, 0) is 44.0 Å². The number of ether oxygens (including phenoxy) is 1. The highest BCUT2D eigenvalue weighted by Gasteiger charge is 2.06. The highest BCUT2D eigenvalue weighted by atomic mass is 16.5. The number of nitrogens with one attached hydrogen (secondary N) is 1. The van der Waals surface area contributed by atoms with Crippen LogP contribution >= 0.6 is 0 Å². The minimum Gasteiger partial charge on any atom is -0.399 e. The van der Waals surface area contributed by atoms with Crippen LogP contribution in [0.4, 0.5) is 11.4 Å². The molecule has 0 radical (unpaired) electrons. The number of amides is 1. The lowest BCUT2D eigenvalue weighted by atomic mass is 10.1. The normalized spacial score (nSPS) is 10.3. The first kappa shape index (κ1) is 13.5. The zero-order valence-corrected chi connectivity index (χ0v) is 10.7. The van der Waals surface area contributed by atoms with Crippen LogP contribution in [0.25, 0.3) is 0 Å². The third-order valence-corrected chi connectivity index (χ3v) is 2.56. The van der Waals surface area contributed by atoms with Gasteiger partial charge in [0.25, 0.3) is 0 Å². The van der Waals surface area contributed by atoms with Crippen LogP contribution in [0.15, 0.2) is 12.1 Å². The Labute approximate surface area is 102 Å². The third-order valence-electron chi connectivity index (χ3n) is 2.56. The van der Waals surface area contributed by atoms with Crippen LogP contribution in [-0.2, 0) is 9.53 Å². The first-order chi connectivity index (χ1) is 8.04. The molecule has 0 aliphatic rings. The van der Waals surface area contributed by atoms with E-state index in [2.05, 4.69) is 5.32 Å². The summed E-state index contributed by atoms with van der Waals surface area (Å²) in [5, 5.41) is 2.86. The first-order valence-electron chi connectivity index (χ1n) is 5.79. The van der Waals surface area contributed by atoms with Gasteiger partial charge >= 0.3 is 0 Å². The molecule has 1 aromatic rings. The summed E-state index contributed by atoms with van der Waals surface area (Å²) < 4.78 is 5.13. The lowest BCUT2D eigenvalue weighted by Gasteiger charge is -2.11. The Balaban J connectivity index is 2.62. The van der Waals surface area contributed by atoms with E-state index in [1.165, 1.54) is 0 Å². The molecule has 4 nitrogen and oxygen atoms in total. The van der Waals surface area contributed by atoms with E-state index in [4.69, 9.17) is 10.5 Å². The number of benzene rings is 1. The Hall–Kier alpha value is -1.55. The summed E-state index contributed by atoms with van der Waals surface area (Å²) in [4.78, 5) is 11.6. The average molecular weight is 236 g/mol. The molecule has 0 heterocycles. The van der Waals surface area contributed by atoms with E-state index in [0.717, 1.165) is 22.5 Å². The Kier molecular flexibility index (Phi) is 4.97. The molecule has 3 N–H and O–H groups in total. The summed E-state index contributed by atoms with van der Waals surface area (Å²) >= 11 is 0. The van der Waals surface area contributed by atoms with E-state index in [0.29, 0.717) is 19.6 Å². The van der Waals surface area contributed by atoms with E-state index in [-0.39, 0.29) is 5.91 Å². The molecule has 0 unspecified atom stereocenters. The largest absolute Gasteiger partial charge is 0.399 e. The van der Waals surface area contributed by atoms with Gasteiger partial charge in [-0.25, -0.2) is 0 Å². The van der Waals surface area contributed by atoms with Crippen molar-refractivity contribution in [2.24, 2.45) is 0 Å². The summed E-state index contributed by atoms with van der Waals surface area (Å²) in [5.74, 6) is -0.0364. The Morgan fingerprint density at radius 1 is 1.35 bits per heavy atom. The van der Waals surface area contributed by atoms with Crippen molar-refractivity contribution < 1.29 is 9.53 Å². The molecule has 94 valence electrons. The fourth-order valence-corrected chi connectivity index (χ4v) is 1.50. The fourth-order valence-electron chi connectivity index (χ4n) is 1.50. The summed E-state index contributed by atoms with van der Waals surface area (Å²) in [6.07, 6.45) is 0.372. The number of hydrogen-bond acceptors (Lipinski definition) is 3. The predicted molar refractivity (Wildman–Crippen MR) is 70.1 cm³/mol. The van der Waals surface area contributed by atoms with Crippen LogP contribution in [0.3, 0.4) is 0 Å². The van der Waals surface area contributed by atoms with Crippen LogP contribution in [0, 0.1) is 13.8 Å². The monoisotopic (exact) mass is 236 g/mol. The molecule has 0 saturated heterocycles. The number of carbonyl (C=O) groups is 1. The van der Waals surface area contributed by atoms with Crippen LogP contribution in [0.2, 0.25) is 0 Å².